The zero-order valence-electron chi connectivity index (χ0n) is 11.5. The highest BCUT2D eigenvalue weighted by Gasteiger charge is 2.16. The number of amides is 3. The second kappa shape index (κ2) is 7.57. The number of benzene rings is 1. The van der Waals surface area contributed by atoms with E-state index in [1.807, 2.05) is 5.43 Å². The predicted octanol–water partition coefficient (Wildman–Crippen LogP) is 1.79. The Morgan fingerprint density at radius 3 is 2.26 bits per heavy atom. The minimum Gasteiger partial charge on any atom is -0.316 e. The monoisotopic (exact) mass is 352 g/mol. The number of nitrogens with zero attached hydrogens (tertiary/aromatic N) is 1. The molecule has 0 spiro atoms. The van der Waals surface area contributed by atoms with Crippen LogP contribution in [0, 0.1) is 0 Å². The first-order valence-electron chi connectivity index (χ1n) is 6.24. The van der Waals surface area contributed by atoms with E-state index in [2.05, 4.69) is 15.7 Å². The minimum atomic E-state index is -1.06. The largest absolute Gasteiger partial charge is 0.328 e. The van der Waals surface area contributed by atoms with Gasteiger partial charge in [0.15, 0.2) is 0 Å². The van der Waals surface area contributed by atoms with Crippen molar-refractivity contribution in [2.45, 2.75) is 0 Å². The van der Waals surface area contributed by atoms with Crippen LogP contribution in [0.15, 0.2) is 42.7 Å². The van der Waals surface area contributed by atoms with Gasteiger partial charge in [0, 0.05) is 23.0 Å². The molecule has 0 unspecified atom stereocenters. The molecule has 3 amide bonds. The topological polar surface area (TPSA) is 100 Å². The Hall–Kier alpha value is -2.64. The Morgan fingerprint density at radius 1 is 0.913 bits per heavy atom. The first-order valence-corrected chi connectivity index (χ1v) is 6.99. The third-order valence-electron chi connectivity index (χ3n) is 2.62. The predicted molar refractivity (Wildman–Crippen MR) is 84.9 cm³/mol. The molecule has 0 aliphatic carbocycles. The van der Waals surface area contributed by atoms with Crippen molar-refractivity contribution in [3.8, 4) is 0 Å². The van der Waals surface area contributed by atoms with E-state index in [0.717, 1.165) is 0 Å². The SMILES string of the molecule is O=C(NNC(=O)c1ccncc1)C(=O)Nc1ccc(Cl)cc1Cl. The highest BCUT2D eigenvalue weighted by molar-refractivity contribution is 6.42. The number of hydrogen-bond acceptors (Lipinski definition) is 4. The van der Waals surface area contributed by atoms with Crippen LogP contribution in [0.5, 0.6) is 0 Å². The molecule has 0 aliphatic heterocycles. The van der Waals surface area contributed by atoms with Gasteiger partial charge in [0.1, 0.15) is 0 Å². The molecule has 0 atom stereocenters. The van der Waals surface area contributed by atoms with Gasteiger partial charge in [-0.3, -0.25) is 30.2 Å². The summed E-state index contributed by atoms with van der Waals surface area (Å²) in [6.07, 6.45) is 2.85. The van der Waals surface area contributed by atoms with Gasteiger partial charge in [0.05, 0.1) is 10.7 Å². The van der Waals surface area contributed by atoms with Gasteiger partial charge in [-0.25, -0.2) is 0 Å². The van der Waals surface area contributed by atoms with Crippen LogP contribution in [-0.2, 0) is 9.59 Å². The van der Waals surface area contributed by atoms with Crippen LogP contribution in [0.25, 0.3) is 0 Å². The summed E-state index contributed by atoms with van der Waals surface area (Å²) in [5, 5.41) is 2.87. The zero-order chi connectivity index (χ0) is 16.8. The van der Waals surface area contributed by atoms with Crippen molar-refractivity contribution in [1.82, 2.24) is 15.8 Å². The van der Waals surface area contributed by atoms with Crippen molar-refractivity contribution >= 4 is 46.6 Å². The molecular weight excluding hydrogens is 343 g/mol. The molecule has 0 saturated heterocycles. The maximum Gasteiger partial charge on any atom is 0.328 e. The number of nitrogens with one attached hydrogen (secondary N) is 3. The lowest BCUT2D eigenvalue weighted by atomic mass is 10.3. The first kappa shape index (κ1) is 16.7. The van der Waals surface area contributed by atoms with Crippen LogP contribution in [0.4, 0.5) is 5.69 Å². The summed E-state index contributed by atoms with van der Waals surface area (Å²) in [5.74, 6) is -2.64. The Kier molecular flexibility index (Phi) is 5.51. The summed E-state index contributed by atoms with van der Waals surface area (Å²) in [6.45, 7) is 0. The Balaban J connectivity index is 1.90. The molecule has 0 bridgehead atoms. The summed E-state index contributed by atoms with van der Waals surface area (Å²) in [6, 6.07) is 7.28. The maximum absolute atomic E-state index is 11.7. The van der Waals surface area contributed by atoms with E-state index < -0.39 is 17.7 Å². The average molecular weight is 353 g/mol. The average Bonchev–Trinajstić information content (AvgIpc) is 2.55. The van der Waals surface area contributed by atoms with E-state index in [4.69, 9.17) is 23.2 Å². The van der Waals surface area contributed by atoms with E-state index in [9.17, 15) is 14.4 Å². The summed E-state index contributed by atoms with van der Waals surface area (Å²) >= 11 is 11.6. The molecule has 1 aromatic carbocycles. The molecule has 118 valence electrons. The molecule has 0 aliphatic rings. The van der Waals surface area contributed by atoms with E-state index >= 15 is 0 Å². The summed E-state index contributed by atoms with van der Waals surface area (Å²) in [4.78, 5) is 38.8. The third kappa shape index (κ3) is 4.67. The molecule has 2 aromatic rings. The molecule has 0 fully saturated rings. The second-order valence-electron chi connectivity index (χ2n) is 4.22. The Bertz CT molecular complexity index is 753. The molecule has 7 nitrogen and oxygen atoms in total. The molecule has 9 heteroatoms. The number of anilines is 1. The second-order valence-corrected chi connectivity index (χ2v) is 5.07. The van der Waals surface area contributed by atoms with Gasteiger partial charge >= 0.3 is 11.8 Å². The van der Waals surface area contributed by atoms with Gasteiger partial charge in [-0.2, -0.15) is 0 Å². The smallest absolute Gasteiger partial charge is 0.316 e. The molecule has 1 heterocycles. The fourth-order valence-corrected chi connectivity index (χ4v) is 1.97. The molecule has 2 rings (SSSR count). The molecule has 3 N–H and O–H groups in total. The van der Waals surface area contributed by atoms with E-state index in [-0.39, 0.29) is 16.3 Å². The quantitative estimate of drug-likeness (QED) is 0.566. The summed E-state index contributed by atoms with van der Waals surface area (Å²) in [5.41, 5.74) is 4.60. The highest BCUT2D eigenvalue weighted by Crippen LogP contribution is 2.25. The van der Waals surface area contributed by atoms with Gasteiger partial charge in [-0.15, -0.1) is 0 Å². The molecule has 0 radical (unpaired) electrons. The standard InChI is InChI=1S/C14H10Cl2N4O3/c15-9-1-2-11(10(16)7-9)18-13(22)14(23)20-19-12(21)8-3-5-17-6-4-8/h1-7H,(H,18,22)(H,19,21)(H,20,23). The number of carbonyl (C=O) groups is 3. The van der Waals surface area contributed by atoms with Crippen LogP contribution >= 0.6 is 23.2 Å². The molecular formula is C14H10Cl2N4O3. The number of aromatic nitrogens is 1. The third-order valence-corrected chi connectivity index (χ3v) is 3.17. The van der Waals surface area contributed by atoms with Gasteiger partial charge in [0.2, 0.25) is 0 Å². The number of carbonyl (C=O) groups excluding carboxylic acids is 3. The fourth-order valence-electron chi connectivity index (χ4n) is 1.52. The first-order chi connectivity index (χ1) is 11.0. The van der Waals surface area contributed by atoms with Crippen molar-refractivity contribution in [2.75, 3.05) is 5.32 Å². The van der Waals surface area contributed by atoms with Gasteiger partial charge in [-0.1, -0.05) is 23.2 Å². The zero-order valence-corrected chi connectivity index (χ0v) is 13.0. The molecule has 23 heavy (non-hydrogen) atoms. The van der Waals surface area contributed by atoms with Crippen LogP contribution in [0.1, 0.15) is 10.4 Å². The van der Waals surface area contributed by atoms with Crippen molar-refractivity contribution < 1.29 is 14.4 Å². The summed E-state index contributed by atoms with van der Waals surface area (Å²) in [7, 11) is 0. The summed E-state index contributed by atoms with van der Waals surface area (Å²) < 4.78 is 0. The van der Waals surface area contributed by atoms with Crippen molar-refractivity contribution in [3.05, 3.63) is 58.3 Å². The number of hydrazine groups is 1. The van der Waals surface area contributed by atoms with E-state index in [0.29, 0.717) is 5.02 Å². The van der Waals surface area contributed by atoms with Gasteiger partial charge in [0.25, 0.3) is 5.91 Å². The van der Waals surface area contributed by atoms with Crippen molar-refractivity contribution in [2.24, 2.45) is 0 Å². The highest BCUT2D eigenvalue weighted by atomic mass is 35.5. The normalized spacial score (nSPS) is 9.83. The Morgan fingerprint density at radius 2 is 1.61 bits per heavy atom. The van der Waals surface area contributed by atoms with Crippen molar-refractivity contribution in [1.29, 1.82) is 0 Å². The van der Waals surface area contributed by atoms with E-state index in [1.165, 1.54) is 42.7 Å². The van der Waals surface area contributed by atoms with Crippen molar-refractivity contribution in [3.63, 3.8) is 0 Å². The van der Waals surface area contributed by atoms with Gasteiger partial charge < -0.3 is 5.32 Å². The lowest BCUT2D eigenvalue weighted by Gasteiger charge is -2.09. The Labute approximate surface area is 141 Å². The number of halogens is 2. The molecule has 1 aromatic heterocycles. The fraction of sp³-hybridized carbons (Fsp3) is 0. The minimum absolute atomic E-state index is 0.180. The van der Waals surface area contributed by atoms with Gasteiger partial charge in [-0.05, 0) is 30.3 Å². The number of hydrogen-bond donors (Lipinski definition) is 3. The van der Waals surface area contributed by atoms with Crippen LogP contribution in [0.3, 0.4) is 0 Å². The number of pyridine rings is 1. The molecule has 0 saturated carbocycles. The van der Waals surface area contributed by atoms with Crippen LogP contribution in [0.2, 0.25) is 10.0 Å². The van der Waals surface area contributed by atoms with Crippen LogP contribution < -0.4 is 16.2 Å². The lowest BCUT2D eigenvalue weighted by Crippen LogP contribution is -2.46. The lowest BCUT2D eigenvalue weighted by molar-refractivity contribution is -0.136. The van der Waals surface area contributed by atoms with Crippen LogP contribution in [-0.4, -0.2) is 22.7 Å². The number of rotatable bonds is 2. The maximum atomic E-state index is 11.7. The van der Waals surface area contributed by atoms with E-state index in [1.54, 1.807) is 0 Å².